The Morgan fingerprint density at radius 3 is 2.45 bits per heavy atom. The molecule has 0 bridgehead atoms. The highest BCUT2D eigenvalue weighted by Gasteiger charge is 2.13. The molecule has 0 amide bonds. The highest BCUT2D eigenvalue weighted by molar-refractivity contribution is 6.36. The Morgan fingerprint density at radius 2 is 1.80 bits per heavy atom. The van der Waals surface area contributed by atoms with Crippen molar-refractivity contribution in [3.05, 3.63) is 63.6 Å². The van der Waals surface area contributed by atoms with E-state index >= 15 is 0 Å². The van der Waals surface area contributed by atoms with Crippen LogP contribution in [0.4, 0.5) is 0 Å². The summed E-state index contributed by atoms with van der Waals surface area (Å²) in [7, 11) is 0. The lowest BCUT2D eigenvalue weighted by atomic mass is 10.0. The van der Waals surface area contributed by atoms with Crippen molar-refractivity contribution in [3.8, 4) is 5.75 Å². The van der Waals surface area contributed by atoms with E-state index in [2.05, 4.69) is 0 Å². The van der Waals surface area contributed by atoms with E-state index in [4.69, 9.17) is 27.9 Å². The van der Waals surface area contributed by atoms with E-state index in [0.29, 0.717) is 27.8 Å². The summed E-state index contributed by atoms with van der Waals surface area (Å²) in [5, 5.41) is 0.881. The van der Waals surface area contributed by atoms with Crippen molar-refractivity contribution in [1.82, 2.24) is 0 Å². The van der Waals surface area contributed by atoms with E-state index in [0.717, 1.165) is 12.2 Å². The van der Waals surface area contributed by atoms with Gasteiger partial charge in [-0.25, -0.2) is 0 Å². The monoisotopic (exact) mass is 308 g/mol. The molecule has 0 N–H and O–H groups in total. The maximum absolute atomic E-state index is 12.4. The van der Waals surface area contributed by atoms with Crippen molar-refractivity contribution in [1.29, 1.82) is 0 Å². The smallest absolute Gasteiger partial charge is 0.194 e. The van der Waals surface area contributed by atoms with Gasteiger partial charge in [0.2, 0.25) is 0 Å². The van der Waals surface area contributed by atoms with Crippen LogP contribution in [0.3, 0.4) is 0 Å². The second-order valence-electron chi connectivity index (χ2n) is 4.33. The molecule has 0 atom stereocenters. The molecule has 0 aliphatic carbocycles. The first kappa shape index (κ1) is 14.9. The molecule has 4 heteroatoms. The van der Waals surface area contributed by atoms with Gasteiger partial charge in [-0.1, -0.05) is 30.1 Å². The quantitative estimate of drug-likeness (QED) is 0.725. The van der Waals surface area contributed by atoms with Crippen LogP contribution in [0.1, 0.15) is 29.3 Å². The third-order valence-corrected chi connectivity index (χ3v) is 3.33. The first-order chi connectivity index (χ1) is 9.61. The fourth-order valence-corrected chi connectivity index (χ4v) is 2.12. The molecule has 0 aromatic heterocycles. The van der Waals surface area contributed by atoms with Crippen LogP contribution >= 0.6 is 23.2 Å². The third-order valence-electron chi connectivity index (χ3n) is 2.76. The van der Waals surface area contributed by atoms with Gasteiger partial charge < -0.3 is 4.74 Å². The minimum atomic E-state index is -0.153. The minimum absolute atomic E-state index is 0.153. The fourth-order valence-electron chi connectivity index (χ4n) is 1.75. The predicted octanol–water partition coefficient (Wildman–Crippen LogP) is 5.01. The first-order valence-corrected chi connectivity index (χ1v) is 7.10. The highest BCUT2D eigenvalue weighted by Crippen LogP contribution is 2.24. The lowest BCUT2D eigenvalue weighted by Crippen LogP contribution is -2.02. The zero-order valence-electron chi connectivity index (χ0n) is 11.0. The number of hydrogen-bond acceptors (Lipinski definition) is 2. The summed E-state index contributed by atoms with van der Waals surface area (Å²) in [6, 6.07) is 11.9. The predicted molar refractivity (Wildman–Crippen MR) is 82.1 cm³/mol. The standard InChI is InChI=1S/C16H14Cl2O2/c1-2-9-20-13-6-3-11(4-7-13)16(19)14-10-12(17)5-8-15(14)18/h3-8,10H,2,9H2,1H3. The number of benzene rings is 2. The summed E-state index contributed by atoms with van der Waals surface area (Å²) in [4.78, 5) is 12.4. The largest absolute Gasteiger partial charge is 0.494 e. The number of carbonyl (C=O) groups is 1. The highest BCUT2D eigenvalue weighted by atomic mass is 35.5. The van der Waals surface area contributed by atoms with Gasteiger partial charge in [0.05, 0.1) is 11.6 Å². The molecule has 2 aromatic carbocycles. The van der Waals surface area contributed by atoms with Gasteiger partial charge in [0.1, 0.15) is 5.75 Å². The van der Waals surface area contributed by atoms with Gasteiger partial charge in [0.15, 0.2) is 5.78 Å². The zero-order valence-corrected chi connectivity index (χ0v) is 12.5. The van der Waals surface area contributed by atoms with Crippen LogP contribution in [0.25, 0.3) is 0 Å². The summed E-state index contributed by atoms with van der Waals surface area (Å²) in [5.41, 5.74) is 0.958. The molecule has 0 heterocycles. The summed E-state index contributed by atoms with van der Waals surface area (Å²) < 4.78 is 5.48. The SMILES string of the molecule is CCCOc1ccc(C(=O)c2cc(Cl)ccc2Cl)cc1. The lowest BCUT2D eigenvalue weighted by Gasteiger charge is -2.07. The molecule has 0 saturated heterocycles. The van der Waals surface area contributed by atoms with E-state index < -0.39 is 0 Å². The molecule has 0 fully saturated rings. The van der Waals surface area contributed by atoms with Crippen molar-refractivity contribution in [2.45, 2.75) is 13.3 Å². The number of hydrogen-bond donors (Lipinski definition) is 0. The minimum Gasteiger partial charge on any atom is -0.494 e. The summed E-state index contributed by atoms with van der Waals surface area (Å²) in [5.74, 6) is 0.597. The Balaban J connectivity index is 2.22. The van der Waals surface area contributed by atoms with Crippen molar-refractivity contribution in [3.63, 3.8) is 0 Å². The van der Waals surface area contributed by atoms with Crippen LogP contribution in [0.5, 0.6) is 5.75 Å². The lowest BCUT2D eigenvalue weighted by molar-refractivity contribution is 0.103. The molecular formula is C16H14Cl2O2. The van der Waals surface area contributed by atoms with Crippen molar-refractivity contribution < 1.29 is 9.53 Å². The molecule has 0 saturated carbocycles. The topological polar surface area (TPSA) is 26.3 Å². The molecular weight excluding hydrogens is 295 g/mol. The number of ketones is 1. The average Bonchev–Trinajstić information content (AvgIpc) is 2.47. The van der Waals surface area contributed by atoms with E-state index in [1.807, 2.05) is 6.92 Å². The molecule has 2 rings (SSSR count). The number of halogens is 2. The Morgan fingerprint density at radius 1 is 1.10 bits per heavy atom. The van der Waals surface area contributed by atoms with Gasteiger partial charge >= 0.3 is 0 Å². The maximum atomic E-state index is 12.4. The van der Waals surface area contributed by atoms with Gasteiger partial charge in [-0.2, -0.15) is 0 Å². The summed E-state index contributed by atoms with van der Waals surface area (Å²) in [6.07, 6.45) is 0.943. The van der Waals surface area contributed by atoms with Crippen LogP contribution in [0, 0.1) is 0 Å². The Labute approximate surface area is 128 Å². The average molecular weight is 309 g/mol. The number of carbonyl (C=O) groups excluding carboxylic acids is 1. The van der Waals surface area contributed by atoms with Crippen LogP contribution in [-0.2, 0) is 0 Å². The van der Waals surface area contributed by atoms with Crippen LogP contribution < -0.4 is 4.74 Å². The molecule has 2 nitrogen and oxygen atoms in total. The summed E-state index contributed by atoms with van der Waals surface area (Å²) in [6.45, 7) is 2.70. The van der Waals surface area contributed by atoms with Gasteiger partial charge in [-0.05, 0) is 48.9 Å². The van der Waals surface area contributed by atoms with Crippen LogP contribution in [0.2, 0.25) is 10.0 Å². The zero-order chi connectivity index (χ0) is 14.5. The second-order valence-corrected chi connectivity index (χ2v) is 5.17. The molecule has 0 aliphatic heterocycles. The molecule has 0 unspecified atom stereocenters. The van der Waals surface area contributed by atoms with Gasteiger partial charge in [-0.3, -0.25) is 4.79 Å². The van der Waals surface area contributed by atoms with Crippen molar-refractivity contribution in [2.75, 3.05) is 6.61 Å². The van der Waals surface area contributed by atoms with E-state index in [1.165, 1.54) is 0 Å². The molecule has 2 aromatic rings. The van der Waals surface area contributed by atoms with E-state index in [9.17, 15) is 4.79 Å². The van der Waals surface area contributed by atoms with Gasteiger partial charge in [-0.15, -0.1) is 0 Å². The fraction of sp³-hybridized carbons (Fsp3) is 0.188. The van der Waals surface area contributed by atoms with Crippen LogP contribution in [0.15, 0.2) is 42.5 Å². The first-order valence-electron chi connectivity index (χ1n) is 6.34. The third kappa shape index (κ3) is 3.53. The van der Waals surface area contributed by atoms with Gasteiger partial charge in [0, 0.05) is 16.1 Å². The van der Waals surface area contributed by atoms with Crippen LogP contribution in [-0.4, -0.2) is 12.4 Å². The van der Waals surface area contributed by atoms with Gasteiger partial charge in [0.25, 0.3) is 0 Å². The molecule has 0 radical (unpaired) electrons. The molecule has 0 aliphatic rings. The Bertz CT molecular complexity index is 606. The van der Waals surface area contributed by atoms with E-state index in [-0.39, 0.29) is 5.78 Å². The van der Waals surface area contributed by atoms with Crippen molar-refractivity contribution in [2.24, 2.45) is 0 Å². The normalized spacial score (nSPS) is 10.3. The Hall–Kier alpha value is -1.51. The van der Waals surface area contributed by atoms with Crippen molar-refractivity contribution >= 4 is 29.0 Å². The molecule has 20 heavy (non-hydrogen) atoms. The van der Waals surface area contributed by atoms with E-state index in [1.54, 1.807) is 42.5 Å². The summed E-state index contributed by atoms with van der Waals surface area (Å²) >= 11 is 11.9. The number of rotatable bonds is 5. The molecule has 104 valence electrons. The maximum Gasteiger partial charge on any atom is 0.194 e. The number of ether oxygens (including phenoxy) is 1. The Kier molecular flexibility index (Phi) is 5.05. The second kappa shape index (κ2) is 6.78. The molecule has 0 spiro atoms.